The van der Waals surface area contributed by atoms with E-state index in [1.165, 1.54) is 5.56 Å². The van der Waals surface area contributed by atoms with Gasteiger partial charge >= 0.3 is 0 Å². The molecular weight excluding hydrogens is 262 g/mol. The number of hydrogen-bond donors (Lipinski definition) is 0. The number of benzene rings is 2. The molecule has 0 aliphatic carbocycles. The van der Waals surface area contributed by atoms with Crippen LogP contribution in [0.1, 0.15) is 22.8 Å². The van der Waals surface area contributed by atoms with Gasteiger partial charge in [0.25, 0.3) is 0 Å². The molecule has 0 unspecified atom stereocenters. The highest BCUT2D eigenvalue weighted by Gasteiger charge is 2.16. The molecule has 0 N–H and O–H groups in total. The van der Waals surface area contributed by atoms with Crippen LogP contribution in [0.5, 0.6) is 5.75 Å². The van der Waals surface area contributed by atoms with Crippen LogP contribution >= 0.6 is 0 Å². The first-order valence-electron chi connectivity index (χ1n) is 7.06. The summed E-state index contributed by atoms with van der Waals surface area (Å²) in [5, 5.41) is 0. The summed E-state index contributed by atoms with van der Waals surface area (Å²) in [7, 11) is 3.60. The van der Waals surface area contributed by atoms with Gasteiger partial charge in [-0.2, -0.15) is 0 Å². The number of carbonyl (C=O) groups is 1. The van der Waals surface area contributed by atoms with Crippen LogP contribution in [0.2, 0.25) is 0 Å². The Morgan fingerprint density at radius 2 is 1.81 bits per heavy atom. The van der Waals surface area contributed by atoms with E-state index >= 15 is 0 Å². The number of ketones is 1. The Balaban J connectivity index is 2.19. The normalized spacial score (nSPS) is 10.2. The van der Waals surface area contributed by atoms with Gasteiger partial charge < -0.3 is 9.64 Å². The van der Waals surface area contributed by atoms with E-state index in [9.17, 15) is 4.79 Å². The van der Waals surface area contributed by atoms with Crippen molar-refractivity contribution >= 4 is 11.5 Å². The van der Waals surface area contributed by atoms with Gasteiger partial charge in [0.05, 0.1) is 18.4 Å². The molecule has 0 aliphatic rings. The third kappa shape index (κ3) is 3.63. The molecule has 3 heteroatoms. The van der Waals surface area contributed by atoms with Gasteiger partial charge in [0, 0.05) is 13.6 Å². The second kappa shape index (κ2) is 6.93. The zero-order valence-electron chi connectivity index (χ0n) is 12.8. The number of Topliss-reactive ketones (excluding diaryl/α,β-unsaturated/α-hetero) is 1. The van der Waals surface area contributed by atoms with Crippen molar-refractivity contribution in [3.05, 3.63) is 59.7 Å². The van der Waals surface area contributed by atoms with Gasteiger partial charge in [-0.15, -0.1) is 0 Å². The van der Waals surface area contributed by atoms with Crippen molar-refractivity contribution in [1.82, 2.24) is 0 Å². The van der Waals surface area contributed by atoms with Gasteiger partial charge in [-0.1, -0.05) is 36.4 Å². The zero-order chi connectivity index (χ0) is 15.2. The molecule has 0 spiro atoms. The lowest BCUT2D eigenvalue weighted by molar-refractivity contribution is 0.101. The molecule has 21 heavy (non-hydrogen) atoms. The largest absolute Gasteiger partial charge is 0.496 e. The van der Waals surface area contributed by atoms with E-state index in [2.05, 4.69) is 17.0 Å². The highest BCUT2D eigenvalue weighted by molar-refractivity contribution is 6.02. The van der Waals surface area contributed by atoms with Gasteiger partial charge in [0.1, 0.15) is 5.75 Å². The lowest BCUT2D eigenvalue weighted by Gasteiger charge is -2.23. The summed E-state index contributed by atoms with van der Waals surface area (Å²) in [5.74, 6) is 0.653. The average Bonchev–Trinajstić information content (AvgIpc) is 2.52. The van der Waals surface area contributed by atoms with E-state index in [0.717, 1.165) is 18.7 Å². The first-order valence-corrected chi connectivity index (χ1v) is 7.06. The lowest BCUT2D eigenvalue weighted by Crippen LogP contribution is -2.22. The lowest BCUT2D eigenvalue weighted by atomic mass is 10.1. The number of carbonyl (C=O) groups excluding carboxylic acids is 1. The number of rotatable bonds is 6. The Morgan fingerprint density at radius 1 is 1.10 bits per heavy atom. The summed E-state index contributed by atoms with van der Waals surface area (Å²) in [6, 6.07) is 16.0. The van der Waals surface area contributed by atoms with Crippen molar-refractivity contribution in [2.24, 2.45) is 0 Å². The van der Waals surface area contributed by atoms with Crippen LogP contribution in [0.4, 0.5) is 5.69 Å². The summed E-state index contributed by atoms with van der Waals surface area (Å²) in [6.07, 6.45) is 0.936. The minimum Gasteiger partial charge on any atom is -0.496 e. The molecule has 0 aliphatic heterocycles. The molecule has 0 amide bonds. The van der Waals surface area contributed by atoms with E-state index < -0.39 is 0 Å². The first kappa shape index (κ1) is 15.1. The summed E-state index contributed by atoms with van der Waals surface area (Å²) >= 11 is 0. The van der Waals surface area contributed by atoms with Crippen LogP contribution < -0.4 is 9.64 Å². The molecule has 0 fully saturated rings. The average molecular weight is 283 g/mol. The van der Waals surface area contributed by atoms with Crippen LogP contribution in [0, 0.1) is 0 Å². The third-order valence-corrected chi connectivity index (χ3v) is 3.57. The number of ether oxygens (including phenoxy) is 1. The maximum atomic E-state index is 11.9. The molecule has 0 atom stereocenters. The Kier molecular flexibility index (Phi) is 4.99. The van der Waals surface area contributed by atoms with E-state index in [1.807, 2.05) is 43.4 Å². The molecule has 0 heterocycles. The molecule has 0 saturated heterocycles. The van der Waals surface area contributed by atoms with Crippen LogP contribution in [0.25, 0.3) is 0 Å². The number of likely N-dealkylation sites (N-methyl/N-ethyl adjacent to an activating group) is 1. The molecule has 0 radical (unpaired) electrons. The van der Waals surface area contributed by atoms with Crippen LogP contribution in [-0.2, 0) is 6.42 Å². The monoisotopic (exact) mass is 283 g/mol. The van der Waals surface area contributed by atoms with E-state index in [0.29, 0.717) is 11.3 Å². The molecule has 0 bridgehead atoms. The minimum absolute atomic E-state index is 0.0222. The van der Waals surface area contributed by atoms with Crippen molar-refractivity contribution in [1.29, 1.82) is 0 Å². The molecule has 110 valence electrons. The second-order valence-corrected chi connectivity index (χ2v) is 5.07. The Hall–Kier alpha value is -2.29. The number of nitrogens with zero attached hydrogens (tertiary/aromatic N) is 1. The molecule has 3 nitrogen and oxygen atoms in total. The van der Waals surface area contributed by atoms with Gasteiger partial charge in [0.15, 0.2) is 5.78 Å². The van der Waals surface area contributed by atoms with Crippen LogP contribution in [0.3, 0.4) is 0 Å². The highest BCUT2D eigenvalue weighted by Crippen LogP contribution is 2.29. The first-order chi connectivity index (χ1) is 10.1. The minimum atomic E-state index is 0.0222. The summed E-state index contributed by atoms with van der Waals surface area (Å²) in [6.45, 7) is 2.42. The third-order valence-electron chi connectivity index (χ3n) is 3.57. The Labute approximate surface area is 126 Å². The number of anilines is 1. The molecule has 2 aromatic rings. The standard InChI is InChI=1S/C18H21NO2/c1-14(20)18-16(10-7-11-17(18)21-3)19(2)13-12-15-8-5-4-6-9-15/h4-11H,12-13H2,1-3H3. The van der Waals surface area contributed by atoms with E-state index in [-0.39, 0.29) is 5.78 Å². The summed E-state index contributed by atoms with van der Waals surface area (Å²) < 4.78 is 5.31. The fraction of sp³-hybridized carbons (Fsp3) is 0.278. The molecule has 2 aromatic carbocycles. The maximum Gasteiger partial charge on any atom is 0.165 e. The fourth-order valence-corrected chi connectivity index (χ4v) is 2.42. The topological polar surface area (TPSA) is 29.5 Å². The zero-order valence-corrected chi connectivity index (χ0v) is 12.8. The van der Waals surface area contributed by atoms with Crippen LogP contribution in [0.15, 0.2) is 48.5 Å². The van der Waals surface area contributed by atoms with Crippen molar-refractivity contribution < 1.29 is 9.53 Å². The van der Waals surface area contributed by atoms with Crippen molar-refractivity contribution in [3.8, 4) is 5.75 Å². The van der Waals surface area contributed by atoms with Crippen LogP contribution in [-0.4, -0.2) is 26.5 Å². The van der Waals surface area contributed by atoms with E-state index in [4.69, 9.17) is 4.74 Å². The Bertz CT molecular complexity index is 608. The predicted molar refractivity (Wildman–Crippen MR) is 86.4 cm³/mol. The molecule has 2 rings (SSSR count). The summed E-state index contributed by atoms with van der Waals surface area (Å²) in [4.78, 5) is 14.0. The number of methoxy groups -OCH3 is 1. The number of hydrogen-bond acceptors (Lipinski definition) is 3. The SMILES string of the molecule is COc1cccc(N(C)CCc2ccccc2)c1C(C)=O. The second-order valence-electron chi connectivity index (χ2n) is 5.07. The van der Waals surface area contributed by atoms with Crippen molar-refractivity contribution in [2.45, 2.75) is 13.3 Å². The Morgan fingerprint density at radius 3 is 2.43 bits per heavy atom. The predicted octanol–water partition coefficient (Wildman–Crippen LogP) is 3.58. The molecule has 0 saturated carbocycles. The quantitative estimate of drug-likeness (QED) is 0.759. The van der Waals surface area contributed by atoms with Gasteiger partial charge in [0.2, 0.25) is 0 Å². The van der Waals surface area contributed by atoms with Crippen molar-refractivity contribution in [3.63, 3.8) is 0 Å². The maximum absolute atomic E-state index is 11.9. The van der Waals surface area contributed by atoms with E-state index in [1.54, 1.807) is 14.0 Å². The molecule has 0 aromatic heterocycles. The van der Waals surface area contributed by atoms with Gasteiger partial charge in [-0.25, -0.2) is 0 Å². The summed E-state index contributed by atoms with van der Waals surface area (Å²) in [5.41, 5.74) is 2.85. The molecular formula is C18H21NO2. The van der Waals surface area contributed by atoms with Crippen molar-refractivity contribution in [2.75, 3.05) is 25.6 Å². The van der Waals surface area contributed by atoms with Gasteiger partial charge in [-0.3, -0.25) is 4.79 Å². The smallest absolute Gasteiger partial charge is 0.165 e. The fourth-order valence-electron chi connectivity index (χ4n) is 2.42. The van der Waals surface area contributed by atoms with Gasteiger partial charge in [-0.05, 0) is 31.0 Å². The highest BCUT2D eigenvalue weighted by atomic mass is 16.5.